The average Bonchev–Trinajstić information content (AvgIpc) is 2.70. The fraction of sp³-hybridized carbons (Fsp3) is 0.571. The van der Waals surface area contributed by atoms with Crippen molar-refractivity contribution in [2.75, 3.05) is 18.8 Å². The predicted octanol–water partition coefficient (Wildman–Crippen LogP) is 1.36. The van der Waals surface area contributed by atoms with Gasteiger partial charge in [0.1, 0.15) is 5.60 Å². The van der Waals surface area contributed by atoms with Gasteiger partial charge in [0.2, 0.25) is 0 Å². The van der Waals surface area contributed by atoms with Gasteiger partial charge in [0.25, 0.3) is 0 Å². The first-order valence-electron chi connectivity index (χ1n) is 6.63. The van der Waals surface area contributed by atoms with E-state index >= 15 is 0 Å². The molecule has 0 aliphatic carbocycles. The number of ether oxygens (including phenoxy) is 1. The molecule has 1 aliphatic heterocycles. The number of carbonyl (C=O) groups is 1. The van der Waals surface area contributed by atoms with E-state index in [4.69, 9.17) is 10.5 Å². The number of aliphatic hydroxyl groups excluding tert-OH is 1. The number of nitrogen functional groups attached to an aromatic ring is 1. The van der Waals surface area contributed by atoms with Gasteiger partial charge in [0, 0.05) is 36.1 Å². The molecule has 1 aliphatic rings. The highest BCUT2D eigenvalue weighted by molar-refractivity contribution is 5.69. The van der Waals surface area contributed by atoms with Crippen molar-refractivity contribution in [1.29, 1.82) is 0 Å². The first kappa shape index (κ1) is 14.6. The second kappa shape index (κ2) is 5.28. The summed E-state index contributed by atoms with van der Waals surface area (Å²) in [7, 11) is 0. The average molecular weight is 279 g/mol. The smallest absolute Gasteiger partial charge is 0.410 e. The van der Waals surface area contributed by atoms with Gasteiger partial charge in [-0.15, -0.1) is 0 Å². The molecular formula is C14H21N3O3. The molecule has 3 N–H and O–H groups in total. The fourth-order valence-corrected chi connectivity index (χ4v) is 2.30. The Morgan fingerprint density at radius 1 is 1.50 bits per heavy atom. The van der Waals surface area contributed by atoms with Crippen LogP contribution in [0.3, 0.4) is 0 Å². The van der Waals surface area contributed by atoms with E-state index in [1.807, 2.05) is 20.8 Å². The summed E-state index contributed by atoms with van der Waals surface area (Å²) in [6, 6.07) is 1.69. The number of nitrogens with two attached hydrogens (primary N) is 1. The van der Waals surface area contributed by atoms with Crippen molar-refractivity contribution in [3.63, 3.8) is 0 Å². The molecule has 1 saturated heterocycles. The number of likely N-dealkylation sites (tertiary alicyclic amines) is 1. The summed E-state index contributed by atoms with van der Waals surface area (Å²) in [4.78, 5) is 17.5. The lowest BCUT2D eigenvalue weighted by Crippen LogP contribution is -2.35. The Hall–Kier alpha value is -1.82. The van der Waals surface area contributed by atoms with E-state index in [9.17, 15) is 9.90 Å². The lowest BCUT2D eigenvalue weighted by molar-refractivity contribution is 0.0270. The summed E-state index contributed by atoms with van der Waals surface area (Å²) in [6.45, 7) is 6.07. The minimum absolute atomic E-state index is 0.226. The number of rotatable bonds is 1. The standard InChI is InChI=1S/C14H21N3O3/c1-14(2,3)20-13(19)17-7-10(12(18)8-17)9-6-16-5-4-11(9)15/h4-6,10,12,18H,7-8H2,1-3H3,(H2,15,16). The molecule has 0 spiro atoms. The number of aromatic nitrogens is 1. The second-order valence-corrected chi connectivity index (χ2v) is 6.06. The predicted molar refractivity (Wildman–Crippen MR) is 75.2 cm³/mol. The highest BCUT2D eigenvalue weighted by Gasteiger charge is 2.37. The maximum atomic E-state index is 12.0. The molecule has 6 nitrogen and oxygen atoms in total. The molecule has 110 valence electrons. The SMILES string of the molecule is CC(C)(C)OC(=O)N1CC(O)C(c2cnccc2N)C1. The monoisotopic (exact) mass is 279 g/mol. The summed E-state index contributed by atoms with van der Waals surface area (Å²) < 4.78 is 5.31. The molecule has 2 heterocycles. The van der Waals surface area contributed by atoms with Crippen LogP contribution in [0.25, 0.3) is 0 Å². The molecule has 20 heavy (non-hydrogen) atoms. The molecule has 0 radical (unpaired) electrons. The normalized spacial score (nSPS) is 22.9. The highest BCUT2D eigenvalue weighted by Crippen LogP contribution is 2.31. The number of aliphatic hydroxyl groups is 1. The van der Waals surface area contributed by atoms with Crippen molar-refractivity contribution in [3.05, 3.63) is 24.0 Å². The van der Waals surface area contributed by atoms with Gasteiger partial charge >= 0.3 is 6.09 Å². The van der Waals surface area contributed by atoms with Gasteiger partial charge in [-0.05, 0) is 26.8 Å². The molecule has 1 amide bonds. The number of amides is 1. The summed E-state index contributed by atoms with van der Waals surface area (Å²) >= 11 is 0. The van der Waals surface area contributed by atoms with E-state index in [-0.39, 0.29) is 12.5 Å². The minimum atomic E-state index is -0.658. The van der Waals surface area contributed by atoms with E-state index in [1.165, 1.54) is 4.90 Å². The van der Waals surface area contributed by atoms with Crippen molar-refractivity contribution in [3.8, 4) is 0 Å². The summed E-state index contributed by atoms with van der Waals surface area (Å²) in [5, 5.41) is 10.2. The number of hydrogen-bond donors (Lipinski definition) is 2. The number of β-amino-alcohol motifs (C(OH)–C–C–N with tert-alkyl or cyclic N) is 1. The Morgan fingerprint density at radius 3 is 2.80 bits per heavy atom. The Morgan fingerprint density at radius 2 is 2.20 bits per heavy atom. The Kier molecular flexibility index (Phi) is 3.85. The topological polar surface area (TPSA) is 88.7 Å². The Balaban J connectivity index is 2.10. The third-order valence-corrected chi connectivity index (χ3v) is 3.23. The number of pyridine rings is 1. The van der Waals surface area contributed by atoms with Gasteiger partial charge in [-0.2, -0.15) is 0 Å². The van der Waals surface area contributed by atoms with Crippen LogP contribution in [0.15, 0.2) is 18.5 Å². The highest BCUT2D eigenvalue weighted by atomic mass is 16.6. The van der Waals surface area contributed by atoms with Crippen molar-refractivity contribution < 1.29 is 14.6 Å². The maximum Gasteiger partial charge on any atom is 0.410 e. The van der Waals surface area contributed by atoms with Crippen molar-refractivity contribution in [2.24, 2.45) is 0 Å². The third kappa shape index (κ3) is 3.19. The maximum absolute atomic E-state index is 12.0. The zero-order valence-electron chi connectivity index (χ0n) is 12.0. The molecule has 2 atom stereocenters. The molecular weight excluding hydrogens is 258 g/mol. The van der Waals surface area contributed by atoms with Gasteiger partial charge < -0.3 is 20.5 Å². The molecule has 1 aromatic rings. The van der Waals surface area contributed by atoms with E-state index in [1.54, 1.807) is 18.5 Å². The number of anilines is 1. The van der Waals surface area contributed by atoms with Gasteiger partial charge in [0.15, 0.2) is 0 Å². The van der Waals surface area contributed by atoms with Crippen LogP contribution in [0.5, 0.6) is 0 Å². The van der Waals surface area contributed by atoms with Crippen LogP contribution in [0.2, 0.25) is 0 Å². The molecule has 6 heteroatoms. The number of hydrogen-bond acceptors (Lipinski definition) is 5. The van der Waals surface area contributed by atoms with Gasteiger partial charge in [0.05, 0.1) is 12.6 Å². The molecule has 0 bridgehead atoms. The zero-order valence-corrected chi connectivity index (χ0v) is 12.0. The number of carbonyl (C=O) groups excluding carboxylic acids is 1. The van der Waals surface area contributed by atoms with Crippen LogP contribution in [0, 0.1) is 0 Å². The van der Waals surface area contributed by atoms with E-state index < -0.39 is 17.8 Å². The molecule has 0 saturated carbocycles. The Bertz CT molecular complexity index is 499. The summed E-state index contributed by atoms with van der Waals surface area (Å²) in [6.07, 6.45) is 2.17. The Labute approximate surface area is 118 Å². The molecule has 0 aromatic carbocycles. The molecule has 1 fully saturated rings. The first-order chi connectivity index (χ1) is 9.28. The zero-order chi connectivity index (χ0) is 14.9. The van der Waals surface area contributed by atoms with Crippen LogP contribution in [-0.4, -0.2) is 45.9 Å². The largest absolute Gasteiger partial charge is 0.444 e. The van der Waals surface area contributed by atoms with Crippen LogP contribution < -0.4 is 5.73 Å². The molecule has 2 rings (SSSR count). The first-order valence-corrected chi connectivity index (χ1v) is 6.63. The van der Waals surface area contributed by atoms with Gasteiger partial charge in [-0.3, -0.25) is 4.98 Å². The van der Waals surface area contributed by atoms with E-state index in [2.05, 4.69) is 4.98 Å². The quantitative estimate of drug-likeness (QED) is 0.810. The van der Waals surface area contributed by atoms with Gasteiger partial charge in [-0.25, -0.2) is 4.79 Å². The van der Waals surface area contributed by atoms with Crippen LogP contribution in [0.1, 0.15) is 32.3 Å². The third-order valence-electron chi connectivity index (χ3n) is 3.23. The number of nitrogens with zero attached hydrogens (tertiary/aromatic N) is 2. The van der Waals surface area contributed by atoms with Crippen molar-refractivity contribution >= 4 is 11.8 Å². The van der Waals surface area contributed by atoms with E-state index in [0.717, 1.165) is 5.56 Å². The minimum Gasteiger partial charge on any atom is -0.444 e. The van der Waals surface area contributed by atoms with Crippen LogP contribution in [-0.2, 0) is 4.74 Å². The van der Waals surface area contributed by atoms with E-state index in [0.29, 0.717) is 12.2 Å². The molecule has 2 unspecified atom stereocenters. The van der Waals surface area contributed by atoms with Crippen LogP contribution in [0.4, 0.5) is 10.5 Å². The summed E-state index contributed by atoms with van der Waals surface area (Å²) in [5.74, 6) is -0.226. The molecule has 1 aromatic heterocycles. The second-order valence-electron chi connectivity index (χ2n) is 6.06. The fourth-order valence-electron chi connectivity index (χ4n) is 2.30. The van der Waals surface area contributed by atoms with Gasteiger partial charge in [-0.1, -0.05) is 0 Å². The lowest BCUT2D eigenvalue weighted by Gasteiger charge is -2.24. The van der Waals surface area contributed by atoms with Crippen molar-refractivity contribution in [1.82, 2.24) is 9.88 Å². The summed E-state index contributed by atoms with van der Waals surface area (Å²) in [5.41, 5.74) is 6.70. The van der Waals surface area contributed by atoms with Crippen molar-refractivity contribution in [2.45, 2.75) is 38.4 Å². The van der Waals surface area contributed by atoms with Crippen LogP contribution >= 0.6 is 0 Å². The lowest BCUT2D eigenvalue weighted by atomic mass is 9.96.